The Kier molecular flexibility index (Phi) is 6.17. The minimum Gasteiger partial charge on any atom is -0.370 e. The topological polar surface area (TPSA) is 67.6 Å². The first-order chi connectivity index (χ1) is 10.2. The third-order valence-corrected chi connectivity index (χ3v) is 3.89. The molecule has 21 heavy (non-hydrogen) atoms. The van der Waals surface area contributed by atoms with E-state index in [4.69, 9.17) is 10.5 Å². The van der Waals surface area contributed by atoms with Gasteiger partial charge < -0.3 is 15.8 Å². The zero-order valence-electron chi connectivity index (χ0n) is 12.6. The van der Waals surface area contributed by atoms with Crippen LogP contribution in [0.2, 0.25) is 0 Å². The van der Waals surface area contributed by atoms with Crippen molar-refractivity contribution in [3.63, 3.8) is 0 Å². The first-order valence-corrected chi connectivity index (χ1v) is 7.52. The second-order valence-corrected chi connectivity index (χ2v) is 5.53. The Hall–Kier alpha value is -1.43. The average Bonchev–Trinajstić information content (AvgIpc) is 2.50. The number of benzene rings is 1. The number of carbonyl (C=O) groups is 1. The molecule has 1 heterocycles. The summed E-state index contributed by atoms with van der Waals surface area (Å²) in [6, 6.07) is 10.6. The number of hydrogen-bond donors (Lipinski definition) is 2. The van der Waals surface area contributed by atoms with Crippen molar-refractivity contribution in [2.75, 3.05) is 26.7 Å². The zero-order chi connectivity index (χ0) is 15.1. The van der Waals surface area contributed by atoms with Crippen LogP contribution in [0.25, 0.3) is 0 Å². The Morgan fingerprint density at radius 1 is 1.48 bits per heavy atom. The fourth-order valence-electron chi connectivity index (χ4n) is 2.76. The number of carbonyl (C=O) groups excluding carboxylic acids is 1. The maximum atomic E-state index is 12.0. The van der Waals surface area contributed by atoms with Gasteiger partial charge in [0.25, 0.3) is 5.91 Å². The molecule has 0 radical (unpaired) electrons. The lowest BCUT2D eigenvalue weighted by Gasteiger charge is -2.33. The van der Waals surface area contributed by atoms with Gasteiger partial charge >= 0.3 is 0 Å². The van der Waals surface area contributed by atoms with Crippen molar-refractivity contribution in [1.82, 2.24) is 10.2 Å². The molecule has 3 N–H and O–H groups in total. The van der Waals surface area contributed by atoms with Gasteiger partial charge in [0.1, 0.15) is 6.10 Å². The molecule has 116 valence electrons. The maximum Gasteiger partial charge on any atom is 0.250 e. The van der Waals surface area contributed by atoms with Gasteiger partial charge in [0, 0.05) is 32.8 Å². The van der Waals surface area contributed by atoms with Gasteiger partial charge in [-0.2, -0.15) is 0 Å². The van der Waals surface area contributed by atoms with Crippen LogP contribution >= 0.6 is 0 Å². The molecule has 0 aliphatic carbocycles. The molecule has 1 aromatic rings. The highest BCUT2D eigenvalue weighted by Gasteiger charge is 2.24. The van der Waals surface area contributed by atoms with E-state index in [1.54, 1.807) is 0 Å². The highest BCUT2D eigenvalue weighted by Crippen LogP contribution is 2.14. The summed E-state index contributed by atoms with van der Waals surface area (Å²) in [7, 11) is 1.51. The summed E-state index contributed by atoms with van der Waals surface area (Å²) in [6.07, 6.45) is 1.56. The van der Waals surface area contributed by atoms with E-state index in [1.165, 1.54) is 12.7 Å². The van der Waals surface area contributed by atoms with Crippen molar-refractivity contribution in [1.29, 1.82) is 0 Å². The number of amides is 1. The quantitative estimate of drug-likeness (QED) is 0.811. The number of piperidine rings is 1. The van der Waals surface area contributed by atoms with Gasteiger partial charge in [0.05, 0.1) is 0 Å². The first kappa shape index (κ1) is 15.9. The van der Waals surface area contributed by atoms with Crippen LogP contribution < -0.4 is 11.1 Å². The van der Waals surface area contributed by atoms with Crippen molar-refractivity contribution < 1.29 is 9.53 Å². The summed E-state index contributed by atoms with van der Waals surface area (Å²) in [5.74, 6) is -0.105. The van der Waals surface area contributed by atoms with Crippen LogP contribution in [0.1, 0.15) is 18.4 Å². The predicted molar refractivity (Wildman–Crippen MR) is 82.7 cm³/mol. The lowest BCUT2D eigenvalue weighted by Crippen LogP contribution is -2.51. The van der Waals surface area contributed by atoms with Crippen LogP contribution in [0.5, 0.6) is 0 Å². The number of rotatable bonds is 6. The summed E-state index contributed by atoms with van der Waals surface area (Å²) in [5, 5.41) is 3.05. The minimum absolute atomic E-state index is 0.105. The van der Waals surface area contributed by atoms with Crippen LogP contribution in [0.3, 0.4) is 0 Å². The average molecular weight is 291 g/mol. The SMILES string of the molecule is COC(CN)C(=O)NC1CCCN(Cc2ccccc2)C1. The number of hydrogen-bond acceptors (Lipinski definition) is 4. The van der Waals surface area contributed by atoms with Crippen LogP contribution in [0.15, 0.2) is 30.3 Å². The Bertz CT molecular complexity index is 434. The van der Waals surface area contributed by atoms with E-state index in [9.17, 15) is 4.79 Å². The van der Waals surface area contributed by atoms with E-state index in [2.05, 4.69) is 34.5 Å². The lowest BCUT2D eigenvalue weighted by molar-refractivity contribution is -0.131. The van der Waals surface area contributed by atoms with E-state index in [0.717, 1.165) is 32.5 Å². The van der Waals surface area contributed by atoms with E-state index >= 15 is 0 Å². The highest BCUT2D eigenvalue weighted by molar-refractivity contribution is 5.81. The molecule has 5 nitrogen and oxygen atoms in total. The summed E-state index contributed by atoms with van der Waals surface area (Å²) in [4.78, 5) is 14.4. The van der Waals surface area contributed by atoms with Gasteiger partial charge in [-0.05, 0) is 24.9 Å². The zero-order valence-corrected chi connectivity index (χ0v) is 12.6. The van der Waals surface area contributed by atoms with Crippen LogP contribution in [-0.2, 0) is 16.1 Å². The smallest absolute Gasteiger partial charge is 0.250 e. The standard InChI is InChI=1S/C16H25N3O2/c1-21-15(10-17)16(20)18-14-8-5-9-19(12-14)11-13-6-3-2-4-7-13/h2-4,6-7,14-15H,5,8-12,17H2,1H3,(H,18,20). The Morgan fingerprint density at radius 3 is 2.90 bits per heavy atom. The van der Waals surface area contributed by atoms with Gasteiger partial charge in [-0.3, -0.25) is 9.69 Å². The molecule has 1 amide bonds. The van der Waals surface area contributed by atoms with Crippen molar-refractivity contribution in [2.24, 2.45) is 5.73 Å². The third kappa shape index (κ3) is 4.81. The molecule has 2 atom stereocenters. The van der Waals surface area contributed by atoms with Gasteiger partial charge in [-0.25, -0.2) is 0 Å². The second-order valence-electron chi connectivity index (χ2n) is 5.53. The van der Waals surface area contributed by atoms with E-state index < -0.39 is 6.10 Å². The molecule has 0 bridgehead atoms. The van der Waals surface area contributed by atoms with Crippen molar-refractivity contribution in [3.8, 4) is 0 Å². The van der Waals surface area contributed by atoms with Crippen LogP contribution in [0.4, 0.5) is 0 Å². The molecule has 0 saturated carbocycles. The molecule has 5 heteroatoms. The molecule has 1 saturated heterocycles. The predicted octanol–water partition coefficient (Wildman–Crippen LogP) is 0.741. The summed E-state index contributed by atoms with van der Waals surface area (Å²) < 4.78 is 5.07. The number of nitrogens with two attached hydrogens (primary N) is 1. The molecule has 2 unspecified atom stereocenters. The third-order valence-electron chi connectivity index (χ3n) is 3.89. The number of likely N-dealkylation sites (tertiary alicyclic amines) is 1. The summed E-state index contributed by atoms with van der Waals surface area (Å²) in [5.41, 5.74) is 6.83. The largest absolute Gasteiger partial charge is 0.370 e. The van der Waals surface area contributed by atoms with Gasteiger partial charge in [0.2, 0.25) is 0 Å². The maximum absolute atomic E-state index is 12.0. The van der Waals surface area contributed by atoms with Gasteiger partial charge in [-0.15, -0.1) is 0 Å². The minimum atomic E-state index is -0.547. The number of ether oxygens (including phenoxy) is 1. The molecule has 0 spiro atoms. The molecule has 1 aromatic carbocycles. The van der Waals surface area contributed by atoms with Crippen LogP contribution in [0, 0.1) is 0 Å². The van der Waals surface area contributed by atoms with Crippen molar-refractivity contribution in [3.05, 3.63) is 35.9 Å². The Balaban J connectivity index is 1.84. The van der Waals surface area contributed by atoms with E-state index in [1.807, 2.05) is 6.07 Å². The first-order valence-electron chi connectivity index (χ1n) is 7.52. The number of methoxy groups -OCH3 is 1. The van der Waals surface area contributed by atoms with E-state index in [-0.39, 0.29) is 18.5 Å². The van der Waals surface area contributed by atoms with Gasteiger partial charge in [-0.1, -0.05) is 30.3 Å². The van der Waals surface area contributed by atoms with Gasteiger partial charge in [0.15, 0.2) is 0 Å². The Labute approximate surface area is 126 Å². The second kappa shape index (κ2) is 8.12. The fraction of sp³-hybridized carbons (Fsp3) is 0.562. The monoisotopic (exact) mass is 291 g/mol. The van der Waals surface area contributed by atoms with Crippen molar-refractivity contribution >= 4 is 5.91 Å². The summed E-state index contributed by atoms with van der Waals surface area (Å²) >= 11 is 0. The molecular weight excluding hydrogens is 266 g/mol. The summed E-state index contributed by atoms with van der Waals surface area (Å²) in [6.45, 7) is 3.09. The molecular formula is C16H25N3O2. The highest BCUT2D eigenvalue weighted by atomic mass is 16.5. The van der Waals surface area contributed by atoms with Crippen LogP contribution in [-0.4, -0.2) is 49.7 Å². The molecule has 2 rings (SSSR count). The lowest BCUT2D eigenvalue weighted by atomic mass is 10.0. The van der Waals surface area contributed by atoms with Crippen molar-refractivity contribution in [2.45, 2.75) is 31.5 Å². The molecule has 0 aromatic heterocycles. The Morgan fingerprint density at radius 2 is 2.24 bits per heavy atom. The normalized spacial score (nSPS) is 21.0. The van der Waals surface area contributed by atoms with E-state index in [0.29, 0.717) is 0 Å². The molecule has 1 fully saturated rings. The molecule has 1 aliphatic rings. The fourth-order valence-corrected chi connectivity index (χ4v) is 2.76. The number of nitrogens with zero attached hydrogens (tertiary/aromatic N) is 1. The molecule has 1 aliphatic heterocycles. The number of nitrogens with one attached hydrogen (secondary N) is 1.